The van der Waals surface area contributed by atoms with Gasteiger partial charge in [0.2, 0.25) is 0 Å². The average molecular weight is 301 g/mol. The second-order valence-electron chi connectivity index (χ2n) is 4.76. The molecule has 1 N–H and O–H groups in total. The molecule has 2 rings (SSSR count). The zero-order chi connectivity index (χ0) is 14.0. The third-order valence-electron chi connectivity index (χ3n) is 3.55. The van der Waals surface area contributed by atoms with Crippen LogP contribution in [0.1, 0.15) is 35.0 Å². The van der Waals surface area contributed by atoms with Crippen LogP contribution in [0, 0.1) is 12.8 Å². The van der Waals surface area contributed by atoms with Crippen molar-refractivity contribution in [3.05, 3.63) is 20.8 Å². The maximum Gasteiger partial charge on any atom is 0.265 e. The molecule has 0 spiro atoms. The number of oxime groups is 1. The third-order valence-corrected chi connectivity index (χ3v) is 5.24. The Bertz CT molecular complexity index is 513. The van der Waals surface area contributed by atoms with Gasteiger partial charge < -0.3 is 10.1 Å². The molecule has 1 aliphatic rings. The molecule has 1 unspecified atom stereocenters. The fourth-order valence-corrected chi connectivity index (χ4v) is 3.56. The van der Waals surface area contributed by atoms with Gasteiger partial charge in [-0.3, -0.25) is 4.79 Å². The van der Waals surface area contributed by atoms with E-state index in [4.69, 9.17) is 16.8 Å². The van der Waals surface area contributed by atoms with Crippen LogP contribution in [0.25, 0.3) is 0 Å². The maximum atomic E-state index is 12.4. The number of amides is 1. The van der Waals surface area contributed by atoms with Crippen LogP contribution in [0.5, 0.6) is 0 Å². The number of halogens is 1. The average Bonchev–Trinajstić information content (AvgIpc) is 2.77. The van der Waals surface area contributed by atoms with Crippen LogP contribution in [0.3, 0.4) is 0 Å². The number of rotatable bonds is 2. The molecule has 1 aromatic heterocycles. The highest BCUT2D eigenvalue weighted by atomic mass is 35.5. The van der Waals surface area contributed by atoms with Crippen molar-refractivity contribution in [2.45, 2.75) is 26.7 Å². The van der Waals surface area contributed by atoms with Crippen LogP contribution in [0.15, 0.2) is 10.5 Å². The van der Waals surface area contributed by atoms with Crippen molar-refractivity contribution < 1.29 is 10.0 Å². The van der Waals surface area contributed by atoms with E-state index >= 15 is 0 Å². The number of piperidine rings is 1. The van der Waals surface area contributed by atoms with E-state index in [0.29, 0.717) is 29.4 Å². The summed E-state index contributed by atoms with van der Waals surface area (Å²) in [5, 5.41) is 14.8. The van der Waals surface area contributed by atoms with Gasteiger partial charge >= 0.3 is 0 Å². The Morgan fingerprint density at radius 2 is 2.42 bits per heavy atom. The van der Waals surface area contributed by atoms with Crippen molar-refractivity contribution in [3.63, 3.8) is 0 Å². The molecular weight excluding hydrogens is 284 g/mol. The van der Waals surface area contributed by atoms with Crippen LogP contribution in [-0.4, -0.2) is 34.8 Å². The first kappa shape index (κ1) is 14.3. The summed E-state index contributed by atoms with van der Waals surface area (Å²) in [6.45, 7) is 5.12. The van der Waals surface area contributed by atoms with Gasteiger partial charge in [-0.1, -0.05) is 23.7 Å². The highest BCUT2D eigenvalue weighted by Crippen LogP contribution is 2.29. The Balaban J connectivity index is 2.15. The van der Waals surface area contributed by atoms with Crippen LogP contribution in [0.4, 0.5) is 0 Å². The lowest BCUT2D eigenvalue weighted by Crippen LogP contribution is -2.43. The first-order valence-electron chi connectivity index (χ1n) is 6.32. The van der Waals surface area contributed by atoms with E-state index in [-0.39, 0.29) is 11.8 Å². The van der Waals surface area contributed by atoms with Gasteiger partial charge in [0.1, 0.15) is 4.88 Å². The second kappa shape index (κ2) is 5.92. The summed E-state index contributed by atoms with van der Waals surface area (Å²) in [5.74, 6) is 0.126. The molecule has 0 aromatic carbocycles. The number of carbonyl (C=O) groups is 1. The normalized spacial score (nSPS) is 21.9. The molecule has 104 valence electrons. The summed E-state index contributed by atoms with van der Waals surface area (Å²) in [7, 11) is 0. The van der Waals surface area contributed by atoms with Gasteiger partial charge in [0.05, 0.1) is 10.7 Å². The number of hydrogen-bond donors (Lipinski definition) is 1. The van der Waals surface area contributed by atoms with Gasteiger partial charge in [0.25, 0.3) is 5.91 Å². The molecule has 0 saturated carbocycles. The van der Waals surface area contributed by atoms with Crippen LogP contribution < -0.4 is 0 Å². The van der Waals surface area contributed by atoms with Gasteiger partial charge in [0, 0.05) is 25.4 Å². The maximum absolute atomic E-state index is 12.4. The molecule has 0 bridgehead atoms. The minimum absolute atomic E-state index is 0.0152. The lowest BCUT2D eigenvalue weighted by molar-refractivity contribution is 0.0734. The zero-order valence-electron chi connectivity index (χ0n) is 11.0. The van der Waals surface area contributed by atoms with Crippen molar-refractivity contribution in [1.29, 1.82) is 0 Å². The minimum atomic E-state index is -0.0152. The molecule has 1 amide bonds. The van der Waals surface area contributed by atoms with E-state index in [1.165, 1.54) is 11.3 Å². The van der Waals surface area contributed by atoms with E-state index in [1.807, 2.05) is 19.2 Å². The number of thiophene rings is 1. The molecule has 1 aliphatic heterocycles. The molecule has 6 heteroatoms. The Morgan fingerprint density at radius 1 is 1.68 bits per heavy atom. The Kier molecular flexibility index (Phi) is 4.47. The van der Waals surface area contributed by atoms with E-state index in [9.17, 15) is 4.79 Å². The highest BCUT2D eigenvalue weighted by molar-refractivity contribution is 7.13. The standard InChI is InChI=1S/C13H17ClN2O2S/c1-3-9-6-16(5-4-10(9)15-18)13(17)12-11(14)8(2)7-19-12/h7,9,18H,3-6H2,1-2H3/b15-10+. The highest BCUT2D eigenvalue weighted by Gasteiger charge is 2.29. The van der Waals surface area contributed by atoms with Crippen molar-refractivity contribution in [2.24, 2.45) is 11.1 Å². The molecule has 1 fully saturated rings. The van der Waals surface area contributed by atoms with Crippen LogP contribution >= 0.6 is 22.9 Å². The molecule has 1 atom stereocenters. The summed E-state index contributed by atoms with van der Waals surface area (Å²) in [5.41, 5.74) is 1.73. The van der Waals surface area contributed by atoms with Gasteiger partial charge in [-0.05, 0) is 24.3 Å². The van der Waals surface area contributed by atoms with Gasteiger partial charge in [-0.2, -0.15) is 0 Å². The van der Waals surface area contributed by atoms with Crippen molar-refractivity contribution in [2.75, 3.05) is 13.1 Å². The quantitative estimate of drug-likeness (QED) is 0.672. The predicted octanol–water partition coefficient (Wildman–Crippen LogP) is 3.41. The van der Waals surface area contributed by atoms with E-state index in [1.54, 1.807) is 4.90 Å². The van der Waals surface area contributed by atoms with Crippen molar-refractivity contribution in [1.82, 2.24) is 4.90 Å². The SMILES string of the molecule is CCC1CN(C(=O)c2scc(C)c2Cl)CC/C1=N\O. The van der Waals surface area contributed by atoms with E-state index in [0.717, 1.165) is 17.7 Å². The van der Waals surface area contributed by atoms with Crippen molar-refractivity contribution in [3.8, 4) is 0 Å². The smallest absolute Gasteiger partial charge is 0.265 e. The lowest BCUT2D eigenvalue weighted by Gasteiger charge is -2.32. The summed E-state index contributed by atoms with van der Waals surface area (Å²) in [6.07, 6.45) is 1.49. The van der Waals surface area contributed by atoms with Crippen LogP contribution in [0.2, 0.25) is 5.02 Å². The molecule has 19 heavy (non-hydrogen) atoms. The predicted molar refractivity (Wildman–Crippen MR) is 77.6 cm³/mol. The summed E-state index contributed by atoms with van der Waals surface area (Å²) in [6, 6.07) is 0. The number of hydrogen-bond acceptors (Lipinski definition) is 4. The van der Waals surface area contributed by atoms with Gasteiger partial charge in [-0.15, -0.1) is 11.3 Å². The first-order chi connectivity index (χ1) is 9.08. The number of aryl methyl sites for hydroxylation is 1. The van der Waals surface area contributed by atoms with Crippen LogP contribution in [-0.2, 0) is 0 Å². The number of nitrogens with zero attached hydrogens (tertiary/aromatic N) is 2. The molecule has 1 saturated heterocycles. The van der Waals surface area contributed by atoms with Gasteiger partial charge in [0.15, 0.2) is 0 Å². The lowest BCUT2D eigenvalue weighted by atomic mass is 9.93. The fraction of sp³-hybridized carbons (Fsp3) is 0.538. The Morgan fingerprint density at radius 3 is 2.95 bits per heavy atom. The third kappa shape index (κ3) is 2.77. The zero-order valence-corrected chi connectivity index (χ0v) is 12.6. The number of likely N-dealkylation sites (tertiary alicyclic amines) is 1. The topological polar surface area (TPSA) is 52.9 Å². The van der Waals surface area contributed by atoms with E-state index < -0.39 is 0 Å². The molecule has 0 aliphatic carbocycles. The largest absolute Gasteiger partial charge is 0.411 e. The fourth-order valence-electron chi connectivity index (χ4n) is 2.31. The van der Waals surface area contributed by atoms with Gasteiger partial charge in [-0.25, -0.2) is 0 Å². The summed E-state index contributed by atoms with van der Waals surface area (Å²) in [4.78, 5) is 14.9. The van der Waals surface area contributed by atoms with Crippen molar-refractivity contribution >= 4 is 34.6 Å². The second-order valence-corrected chi connectivity index (χ2v) is 6.02. The first-order valence-corrected chi connectivity index (χ1v) is 7.57. The molecule has 4 nitrogen and oxygen atoms in total. The number of carbonyl (C=O) groups excluding carboxylic acids is 1. The molecule has 2 heterocycles. The summed E-state index contributed by atoms with van der Waals surface area (Å²) < 4.78 is 0. The monoisotopic (exact) mass is 300 g/mol. The van der Waals surface area contributed by atoms with E-state index in [2.05, 4.69) is 5.16 Å². The minimum Gasteiger partial charge on any atom is -0.411 e. The molecule has 0 radical (unpaired) electrons. The summed E-state index contributed by atoms with van der Waals surface area (Å²) >= 11 is 7.54. The molecular formula is C13H17ClN2O2S. The Labute approximate surface area is 121 Å². The molecule has 1 aromatic rings. The Hall–Kier alpha value is -1.07.